The van der Waals surface area contributed by atoms with Crippen molar-refractivity contribution in [3.63, 3.8) is 0 Å². The first-order valence-corrected chi connectivity index (χ1v) is 7.74. The van der Waals surface area contributed by atoms with Crippen LogP contribution in [0.4, 0.5) is 0 Å². The van der Waals surface area contributed by atoms with Crippen molar-refractivity contribution in [3.05, 3.63) is 36.1 Å². The summed E-state index contributed by atoms with van der Waals surface area (Å²) in [4.78, 5) is 25.0. The molecule has 0 atom stereocenters. The Hall–Kier alpha value is -2.92. The molecule has 0 aliphatic rings. The summed E-state index contributed by atoms with van der Waals surface area (Å²) in [7, 11) is 6.88. The molecule has 0 heterocycles. The van der Waals surface area contributed by atoms with Gasteiger partial charge in [0, 0.05) is 0 Å². The number of carbonyl (C=O) groups excluding carboxylic acids is 2. The van der Waals surface area contributed by atoms with Gasteiger partial charge in [0.05, 0.1) is 35.5 Å². The average molecular weight is 364 g/mol. The third-order valence-electron chi connectivity index (χ3n) is 3.98. The number of carbonyl (C=O) groups is 2. The molecule has 142 valence electrons. The molecule has 7 nitrogen and oxygen atoms in total. The number of hydrogen-bond acceptors (Lipinski definition) is 7. The van der Waals surface area contributed by atoms with E-state index in [0.717, 1.165) is 0 Å². The highest BCUT2D eigenvalue weighted by Gasteiger charge is 2.48. The van der Waals surface area contributed by atoms with Crippen LogP contribution in [-0.2, 0) is 25.5 Å². The molecule has 0 saturated heterocycles. The minimum absolute atomic E-state index is 0.00123. The van der Waals surface area contributed by atoms with Crippen molar-refractivity contribution in [2.45, 2.75) is 12.8 Å². The van der Waals surface area contributed by atoms with E-state index in [0.29, 0.717) is 22.8 Å². The highest BCUT2D eigenvalue weighted by atomic mass is 16.5. The highest BCUT2D eigenvalue weighted by molar-refractivity contribution is 6.00. The van der Waals surface area contributed by atoms with E-state index in [1.165, 1.54) is 41.6 Å². The van der Waals surface area contributed by atoms with Crippen LogP contribution >= 0.6 is 0 Å². The molecule has 0 bridgehead atoms. The molecule has 0 N–H and O–H groups in total. The van der Waals surface area contributed by atoms with Crippen LogP contribution in [0.5, 0.6) is 17.2 Å². The van der Waals surface area contributed by atoms with E-state index in [9.17, 15) is 9.59 Å². The Bertz CT molecular complexity index is 661. The summed E-state index contributed by atoms with van der Waals surface area (Å²) < 4.78 is 25.7. The standard InChI is InChI=1S/C19H24O7/c1-7-8-9-19(17(20)25-5,18(21)26-6)12-13-10-14(22-2)16(24-4)15(11-13)23-3/h8,10-11H,1,9,12H2,2-6H3. The van der Waals surface area contributed by atoms with Crippen LogP contribution in [0.3, 0.4) is 0 Å². The van der Waals surface area contributed by atoms with Crippen molar-refractivity contribution in [2.75, 3.05) is 35.5 Å². The summed E-state index contributed by atoms with van der Waals surface area (Å²) in [5.74, 6) is -0.213. The number of benzene rings is 1. The second kappa shape index (κ2) is 9.53. The minimum Gasteiger partial charge on any atom is -0.493 e. The zero-order valence-electron chi connectivity index (χ0n) is 15.7. The van der Waals surface area contributed by atoms with Gasteiger partial charge in [-0.25, -0.2) is 0 Å². The van der Waals surface area contributed by atoms with E-state index in [1.54, 1.807) is 12.1 Å². The summed E-state index contributed by atoms with van der Waals surface area (Å²) in [6.07, 6.45) is 1.51. The fraction of sp³-hybridized carbons (Fsp3) is 0.421. The van der Waals surface area contributed by atoms with Crippen molar-refractivity contribution in [1.82, 2.24) is 0 Å². The molecule has 0 radical (unpaired) electrons. The van der Waals surface area contributed by atoms with Gasteiger partial charge in [0.2, 0.25) is 5.75 Å². The molecule has 0 amide bonds. The normalized spacial score (nSPS) is 10.3. The lowest BCUT2D eigenvalue weighted by atomic mass is 9.78. The fourth-order valence-corrected chi connectivity index (χ4v) is 2.69. The summed E-state index contributed by atoms with van der Waals surface area (Å²) in [5.41, 5.74) is 1.59. The van der Waals surface area contributed by atoms with Gasteiger partial charge < -0.3 is 23.7 Å². The van der Waals surface area contributed by atoms with Crippen LogP contribution in [0.15, 0.2) is 30.5 Å². The quantitative estimate of drug-likeness (QED) is 0.378. The maximum atomic E-state index is 12.5. The summed E-state index contributed by atoms with van der Waals surface area (Å²) in [5, 5.41) is 0. The van der Waals surface area contributed by atoms with Crippen molar-refractivity contribution in [3.8, 4) is 17.2 Å². The van der Waals surface area contributed by atoms with Crippen LogP contribution < -0.4 is 14.2 Å². The van der Waals surface area contributed by atoms with E-state index in [4.69, 9.17) is 23.7 Å². The Morgan fingerprint density at radius 2 is 1.50 bits per heavy atom. The molecule has 7 heteroatoms. The second-order valence-electron chi connectivity index (χ2n) is 5.39. The van der Waals surface area contributed by atoms with Crippen LogP contribution in [-0.4, -0.2) is 47.5 Å². The van der Waals surface area contributed by atoms with Gasteiger partial charge in [-0.3, -0.25) is 9.59 Å². The largest absolute Gasteiger partial charge is 0.493 e. The number of hydrogen-bond donors (Lipinski definition) is 0. The molecule has 0 aliphatic heterocycles. The topological polar surface area (TPSA) is 80.3 Å². The maximum absolute atomic E-state index is 12.5. The lowest BCUT2D eigenvalue weighted by Crippen LogP contribution is -2.42. The number of methoxy groups -OCH3 is 5. The smallest absolute Gasteiger partial charge is 0.323 e. The molecule has 0 spiro atoms. The van der Waals surface area contributed by atoms with Gasteiger partial charge in [-0.2, -0.15) is 0 Å². The molecular weight excluding hydrogens is 340 g/mol. The van der Waals surface area contributed by atoms with Gasteiger partial charge in [-0.15, -0.1) is 5.73 Å². The molecule has 0 saturated carbocycles. The summed E-state index contributed by atoms with van der Waals surface area (Å²) in [6.45, 7) is 3.48. The van der Waals surface area contributed by atoms with Gasteiger partial charge in [-0.05, 0) is 36.6 Å². The lowest BCUT2D eigenvalue weighted by Gasteiger charge is -2.27. The third kappa shape index (κ3) is 4.18. The van der Waals surface area contributed by atoms with Crippen LogP contribution in [0.2, 0.25) is 0 Å². The van der Waals surface area contributed by atoms with Crippen LogP contribution in [0.1, 0.15) is 12.0 Å². The molecular formula is C19H24O7. The molecule has 0 aromatic heterocycles. The molecule has 26 heavy (non-hydrogen) atoms. The van der Waals surface area contributed by atoms with Crippen LogP contribution in [0.25, 0.3) is 0 Å². The van der Waals surface area contributed by atoms with Crippen molar-refractivity contribution in [1.29, 1.82) is 0 Å². The molecule has 1 rings (SSSR count). The zero-order chi connectivity index (χ0) is 19.7. The van der Waals surface area contributed by atoms with Gasteiger partial charge in [0.25, 0.3) is 0 Å². The average Bonchev–Trinajstić information content (AvgIpc) is 2.68. The van der Waals surface area contributed by atoms with E-state index in [-0.39, 0.29) is 12.8 Å². The first-order valence-electron chi connectivity index (χ1n) is 7.74. The fourth-order valence-electron chi connectivity index (χ4n) is 2.69. The highest BCUT2D eigenvalue weighted by Crippen LogP contribution is 2.41. The predicted octanol–water partition coefficient (Wildman–Crippen LogP) is 2.32. The Morgan fingerprint density at radius 3 is 1.85 bits per heavy atom. The molecule has 0 aliphatic carbocycles. The Kier molecular flexibility index (Phi) is 7.75. The number of allylic oxidation sites excluding steroid dienone is 1. The van der Waals surface area contributed by atoms with Gasteiger partial charge in [-0.1, -0.05) is 6.58 Å². The number of esters is 2. The monoisotopic (exact) mass is 364 g/mol. The molecule has 0 fully saturated rings. The SMILES string of the molecule is C=C=CCC(Cc1cc(OC)c(OC)c(OC)c1)(C(=O)OC)C(=O)OC. The lowest BCUT2D eigenvalue weighted by molar-refractivity contribution is -0.168. The third-order valence-corrected chi connectivity index (χ3v) is 3.98. The van der Waals surface area contributed by atoms with E-state index in [2.05, 4.69) is 12.3 Å². The van der Waals surface area contributed by atoms with E-state index < -0.39 is 17.4 Å². The maximum Gasteiger partial charge on any atom is 0.323 e. The Labute approximate surface area is 153 Å². The summed E-state index contributed by atoms with van der Waals surface area (Å²) in [6, 6.07) is 3.33. The number of ether oxygens (including phenoxy) is 5. The van der Waals surface area contributed by atoms with Crippen molar-refractivity contribution >= 4 is 11.9 Å². The summed E-state index contributed by atoms with van der Waals surface area (Å²) >= 11 is 0. The minimum atomic E-state index is -1.58. The Morgan fingerprint density at radius 1 is 1.00 bits per heavy atom. The number of rotatable bonds is 9. The van der Waals surface area contributed by atoms with Gasteiger partial charge >= 0.3 is 11.9 Å². The first kappa shape index (κ1) is 21.1. The predicted molar refractivity (Wildman–Crippen MR) is 94.6 cm³/mol. The van der Waals surface area contributed by atoms with E-state index in [1.807, 2.05) is 0 Å². The first-order chi connectivity index (χ1) is 12.4. The van der Waals surface area contributed by atoms with Gasteiger partial charge in [0.1, 0.15) is 0 Å². The molecule has 0 unspecified atom stereocenters. The molecule has 1 aromatic rings. The van der Waals surface area contributed by atoms with Crippen molar-refractivity contribution in [2.24, 2.45) is 5.41 Å². The zero-order valence-corrected chi connectivity index (χ0v) is 15.7. The van der Waals surface area contributed by atoms with Crippen molar-refractivity contribution < 1.29 is 33.3 Å². The van der Waals surface area contributed by atoms with E-state index >= 15 is 0 Å². The molecule has 1 aromatic carbocycles. The second-order valence-corrected chi connectivity index (χ2v) is 5.39. The Balaban J connectivity index is 3.53. The van der Waals surface area contributed by atoms with Gasteiger partial charge in [0.15, 0.2) is 16.9 Å². The van der Waals surface area contributed by atoms with Crippen LogP contribution in [0, 0.1) is 5.41 Å².